The second-order valence-electron chi connectivity index (χ2n) is 10.8. The Bertz CT molecular complexity index is 1750. The highest BCUT2D eigenvalue weighted by atomic mass is 35.5. The largest absolute Gasteiger partial charge is 0.352 e. The highest BCUT2D eigenvalue weighted by Gasteiger charge is 2.35. The minimum absolute atomic E-state index is 0.00611. The fourth-order valence-corrected chi connectivity index (χ4v) is 6.85. The molecule has 0 saturated heterocycles. The highest BCUT2D eigenvalue weighted by Crippen LogP contribution is 2.32. The van der Waals surface area contributed by atoms with Gasteiger partial charge in [0.15, 0.2) is 0 Å². The quantitative estimate of drug-likeness (QED) is 0.169. The van der Waals surface area contributed by atoms with Crippen LogP contribution in [0.4, 0.5) is 5.69 Å². The van der Waals surface area contributed by atoms with Gasteiger partial charge in [-0.3, -0.25) is 13.9 Å². The predicted molar refractivity (Wildman–Crippen MR) is 181 cm³/mol. The lowest BCUT2D eigenvalue weighted by Crippen LogP contribution is -2.54. The molecule has 0 bridgehead atoms. The zero-order chi connectivity index (χ0) is 32.7. The Kier molecular flexibility index (Phi) is 11.6. The van der Waals surface area contributed by atoms with Gasteiger partial charge in [0.05, 0.1) is 20.6 Å². The van der Waals surface area contributed by atoms with Crippen molar-refractivity contribution in [3.8, 4) is 0 Å². The van der Waals surface area contributed by atoms with Crippen molar-refractivity contribution in [1.82, 2.24) is 10.2 Å². The van der Waals surface area contributed by atoms with E-state index in [1.807, 2.05) is 44.2 Å². The number of rotatable bonds is 12. The Balaban J connectivity index is 1.84. The van der Waals surface area contributed by atoms with E-state index in [-0.39, 0.29) is 40.5 Å². The first-order chi connectivity index (χ1) is 21.4. The summed E-state index contributed by atoms with van der Waals surface area (Å²) >= 11 is 18.9. The van der Waals surface area contributed by atoms with E-state index in [9.17, 15) is 18.0 Å². The molecule has 0 unspecified atom stereocenters. The molecule has 0 spiro atoms. The van der Waals surface area contributed by atoms with Gasteiger partial charge in [0.1, 0.15) is 12.6 Å². The van der Waals surface area contributed by atoms with Gasteiger partial charge in [0.2, 0.25) is 11.8 Å². The molecule has 4 aromatic rings. The molecule has 0 aliphatic carbocycles. The first kappa shape index (κ1) is 34.3. The van der Waals surface area contributed by atoms with Gasteiger partial charge in [0.25, 0.3) is 10.0 Å². The molecule has 0 aliphatic heterocycles. The van der Waals surface area contributed by atoms with E-state index in [0.717, 1.165) is 9.87 Å². The normalized spacial score (nSPS) is 12.1. The molecule has 0 saturated carbocycles. The van der Waals surface area contributed by atoms with Crippen molar-refractivity contribution in [3.05, 3.63) is 129 Å². The Hall–Kier alpha value is -3.56. The molecule has 0 fully saturated rings. The molecule has 4 aromatic carbocycles. The molecular weight excluding hydrogens is 653 g/mol. The lowest BCUT2D eigenvalue weighted by molar-refractivity contribution is -0.140. The first-order valence-electron chi connectivity index (χ1n) is 14.3. The molecule has 1 atom stereocenters. The van der Waals surface area contributed by atoms with E-state index in [2.05, 4.69) is 5.32 Å². The van der Waals surface area contributed by atoms with Gasteiger partial charge in [0, 0.05) is 24.0 Å². The van der Waals surface area contributed by atoms with Crippen molar-refractivity contribution in [1.29, 1.82) is 0 Å². The summed E-state index contributed by atoms with van der Waals surface area (Å²) in [6.07, 6.45) is 0.189. The van der Waals surface area contributed by atoms with Crippen LogP contribution < -0.4 is 9.62 Å². The van der Waals surface area contributed by atoms with Gasteiger partial charge in [-0.25, -0.2) is 8.42 Å². The topological polar surface area (TPSA) is 86.8 Å². The van der Waals surface area contributed by atoms with Crippen molar-refractivity contribution in [3.63, 3.8) is 0 Å². The number of hydrogen-bond acceptors (Lipinski definition) is 4. The summed E-state index contributed by atoms with van der Waals surface area (Å²) in [7, 11) is -4.24. The smallest absolute Gasteiger partial charge is 0.264 e. The summed E-state index contributed by atoms with van der Waals surface area (Å²) in [6, 6.07) is 25.8. The Morgan fingerprint density at radius 1 is 0.778 bits per heavy atom. The third kappa shape index (κ3) is 8.58. The standard InChI is InChI=1S/C34H34Cl3N3O4S/c1-23(2)38-34(42)32(20-25-11-6-4-7-12-25)39(21-26-17-18-29(36)30(37)19-26)33(41)22-40(31-16-10-15-28(35)24(31)3)45(43,44)27-13-8-5-9-14-27/h4-19,23,32H,20-22H2,1-3H3,(H,38,42)/t32-/m1/s1. The number of hydrogen-bond donors (Lipinski definition) is 1. The lowest BCUT2D eigenvalue weighted by atomic mass is 10.0. The summed E-state index contributed by atoms with van der Waals surface area (Å²) in [5.41, 5.74) is 2.18. The minimum atomic E-state index is -4.24. The summed E-state index contributed by atoms with van der Waals surface area (Å²) in [6.45, 7) is 4.72. The van der Waals surface area contributed by atoms with Crippen LogP contribution in [0.25, 0.3) is 0 Å². The van der Waals surface area contributed by atoms with E-state index in [4.69, 9.17) is 34.8 Å². The fraction of sp³-hybridized carbons (Fsp3) is 0.235. The monoisotopic (exact) mass is 685 g/mol. The number of benzene rings is 4. The highest BCUT2D eigenvalue weighted by molar-refractivity contribution is 7.92. The summed E-state index contributed by atoms with van der Waals surface area (Å²) < 4.78 is 29.3. The van der Waals surface area contributed by atoms with Crippen LogP contribution in [-0.4, -0.2) is 43.8 Å². The van der Waals surface area contributed by atoms with Gasteiger partial charge in [-0.15, -0.1) is 0 Å². The Morgan fingerprint density at radius 2 is 1.42 bits per heavy atom. The third-order valence-electron chi connectivity index (χ3n) is 7.16. The second kappa shape index (κ2) is 15.1. The van der Waals surface area contributed by atoms with Gasteiger partial charge in [-0.1, -0.05) is 95.5 Å². The van der Waals surface area contributed by atoms with E-state index in [1.165, 1.54) is 17.0 Å². The van der Waals surface area contributed by atoms with Gasteiger partial charge >= 0.3 is 0 Å². The van der Waals surface area contributed by atoms with E-state index >= 15 is 0 Å². The minimum Gasteiger partial charge on any atom is -0.352 e. The molecule has 236 valence electrons. The van der Waals surface area contributed by atoms with Crippen LogP contribution in [0.2, 0.25) is 15.1 Å². The molecule has 0 heterocycles. The number of nitrogens with one attached hydrogen (secondary N) is 1. The molecule has 4 rings (SSSR count). The van der Waals surface area contributed by atoms with Crippen molar-refractivity contribution in [2.75, 3.05) is 10.8 Å². The zero-order valence-corrected chi connectivity index (χ0v) is 28.2. The number of halogens is 3. The maximum atomic E-state index is 14.5. The Labute approximate surface area is 279 Å². The van der Waals surface area contributed by atoms with Gasteiger partial charge in [-0.2, -0.15) is 0 Å². The second-order valence-corrected chi connectivity index (χ2v) is 13.9. The van der Waals surface area contributed by atoms with Crippen LogP contribution in [0, 0.1) is 6.92 Å². The first-order valence-corrected chi connectivity index (χ1v) is 16.9. The summed E-state index contributed by atoms with van der Waals surface area (Å²) in [5, 5.41) is 3.91. The fourth-order valence-electron chi connectivity index (χ4n) is 4.87. The molecule has 45 heavy (non-hydrogen) atoms. The number of nitrogens with zero attached hydrogens (tertiary/aromatic N) is 2. The SMILES string of the molecule is Cc1c(Cl)cccc1N(CC(=O)N(Cc1ccc(Cl)c(Cl)c1)[C@H](Cc1ccccc1)C(=O)NC(C)C)S(=O)(=O)c1ccccc1. The summed E-state index contributed by atoms with van der Waals surface area (Å²) in [5.74, 6) is -0.974. The molecule has 0 aromatic heterocycles. The van der Waals surface area contributed by atoms with Crippen LogP contribution in [0.1, 0.15) is 30.5 Å². The average Bonchev–Trinajstić information content (AvgIpc) is 3.01. The van der Waals surface area contributed by atoms with E-state index in [0.29, 0.717) is 21.2 Å². The molecule has 11 heteroatoms. The molecule has 1 N–H and O–H groups in total. The number of anilines is 1. The van der Waals surface area contributed by atoms with Crippen molar-refractivity contribution < 1.29 is 18.0 Å². The number of carbonyl (C=O) groups is 2. The van der Waals surface area contributed by atoms with E-state index in [1.54, 1.807) is 61.5 Å². The van der Waals surface area contributed by atoms with Crippen molar-refractivity contribution in [2.45, 2.75) is 50.7 Å². The maximum absolute atomic E-state index is 14.5. The van der Waals surface area contributed by atoms with E-state index < -0.39 is 28.5 Å². The zero-order valence-electron chi connectivity index (χ0n) is 25.1. The molecule has 7 nitrogen and oxygen atoms in total. The molecule has 2 amide bonds. The van der Waals surface area contributed by atoms with Gasteiger partial charge < -0.3 is 10.2 Å². The third-order valence-corrected chi connectivity index (χ3v) is 10.1. The Morgan fingerprint density at radius 3 is 2.04 bits per heavy atom. The van der Waals surface area contributed by atoms with Crippen LogP contribution in [0.15, 0.2) is 102 Å². The molecule has 0 radical (unpaired) electrons. The predicted octanol–water partition coefficient (Wildman–Crippen LogP) is 7.32. The molecular formula is C34H34Cl3N3O4S. The maximum Gasteiger partial charge on any atom is 0.264 e. The van der Waals surface area contributed by atoms with Gasteiger partial charge in [-0.05, 0) is 73.9 Å². The number of sulfonamides is 1. The lowest BCUT2D eigenvalue weighted by Gasteiger charge is -2.34. The van der Waals surface area contributed by atoms with Crippen molar-refractivity contribution >= 4 is 62.3 Å². The van der Waals surface area contributed by atoms with Crippen LogP contribution in [0.3, 0.4) is 0 Å². The summed E-state index contributed by atoms with van der Waals surface area (Å²) in [4.78, 5) is 29.7. The molecule has 0 aliphatic rings. The number of amides is 2. The number of carbonyl (C=O) groups excluding carboxylic acids is 2. The van der Waals surface area contributed by atoms with Crippen molar-refractivity contribution in [2.24, 2.45) is 0 Å². The van der Waals surface area contributed by atoms with Crippen LogP contribution >= 0.6 is 34.8 Å². The van der Waals surface area contributed by atoms with Crippen LogP contribution in [-0.2, 0) is 32.6 Å². The average molecular weight is 687 g/mol. The van der Waals surface area contributed by atoms with Crippen LogP contribution in [0.5, 0.6) is 0 Å².